The van der Waals surface area contributed by atoms with E-state index in [0.717, 1.165) is 44.6 Å². The number of nitrogens with zero attached hydrogens (tertiary/aromatic N) is 2. The molecule has 126 valence electrons. The van der Waals surface area contributed by atoms with Gasteiger partial charge in [-0.05, 0) is 29.7 Å². The molecule has 1 atom stereocenters. The van der Waals surface area contributed by atoms with Crippen LogP contribution in [0.4, 0.5) is 0 Å². The average Bonchev–Trinajstić information content (AvgIpc) is 3.17. The first-order valence-corrected chi connectivity index (χ1v) is 9.06. The van der Waals surface area contributed by atoms with Gasteiger partial charge in [0.2, 0.25) is 5.91 Å². The molecule has 2 aliphatic rings. The third-order valence-electron chi connectivity index (χ3n) is 5.44. The van der Waals surface area contributed by atoms with E-state index in [4.69, 9.17) is 4.74 Å². The second-order valence-electron chi connectivity index (χ2n) is 6.72. The van der Waals surface area contributed by atoms with Crippen molar-refractivity contribution in [2.75, 3.05) is 39.9 Å². The van der Waals surface area contributed by atoms with Gasteiger partial charge in [0.1, 0.15) is 0 Å². The van der Waals surface area contributed by atoms with Gasteiger partial charge in [0.15, 0.2) is 0 Å². The zero-order valence-corrected chi connectivity index (χ0v) is 14.6. The molecular weight excluding hydrogens is 312 g/mol. The number of thiophene rings is 1. The van der Waals surface area contributed by atoms with Crippen LogP contribution in [0.25, 0.3) is 0 Å². The third kappa shape index (κ3) is 3.15. The Hall–Kier alpha value is -1.40. The summed E-state index contributed by atoms with van der Waals surface area (Å²) in [6.07, 6.45) is 1.89. The first kappa shape index (κ1) is 16.5. The number of hydrogen-bond donors (Lipinski definition) is 0. The van der Waals surface area contributed by atoms with Crippen LogP contribution in [0.2, 0.25) is 0 Å². The highest BCUT2D eigenvalue weighted by Crippen LogP contribution is 2.45. The minimum Gasteiger partial charge on any atom is -0.384 e. The predicted molar refractivity (Wildman–Crippen MR) is 89.5 cm³/mol. The molecule has 23 heavy (non-hydrogen) atoms. The molecule has 1 unspecified atom stereocenters. The van der Waals surface area contributed by atoms with Gasteiger partial charge in [-0.1, -0.05) is 0 Å². The summed E-state index contributed by atoms with van der Waals surface area (Å²) in [5.41, 5.74) is 0.892. The highest BCUT2D eigenvalue weighted by Gasteiger charge is 2.49. The van der Waals surface area contributed by atoms with Crippen molar-refractivity contribution in [2.24, 2.45) is 11.3 Å². The summed E-state index contributed by atoms with van der Waals surface area (Å²) in [7, 11) is 1.72. The van der Waals surface area contributed by atoms with Gasteiger partial charge >= 0.3 is 0 Å². The van der Waals surface area contributed by atoms with Crippen molar-refractivity contribution in [3.63, 3.8) is 0 Å². The summed E-state index contributed by atoms with van der Waals surface area (Å²) in [4.78, 5) is 28.2. The van der Waals surface area contributed by atoms with Crippen LogP contribution in [0.1, 0.15) is 30.1 Å². The molecule has 3 heterocycles. The first-order chi connectivity index (χ1) is 11.1. The van der Waals surface area contributed by atoms with Crippen molar-refractivity contribution in [3.05, 3.63) is 22.4 Å². The van der Waals surface area contributed by atoms with E-state index >= 15 is 0 Å². The topological polar surface area (TPSA) is 49.9 Å². The molecule has 0 bridgehead atoms. The van der Waals surface area contributed by atoms with E-state index in [9.17, 15) is 9.59 Å². The fourth-order valence-electron chi connectivity index (χ4n) is 3.99. The fourth-order valence-corrected chi connectivity index (χ4v) is 4.62. The standard InChI is InChI=1S/C17H24N2O3S/c1-13(20)19-9-15(10-22-2)17(12-19)4-6-18(7-5-17)16(21)14-3-8-23-11-14/h3,8,11,15H,4-7,9-10,12H2,1-2H3. The van der Waals surface area contributed by atoms with Crippen LogP contribution in [0.5, 0.6) is 0 Å². The van der Waals surface area contributed by atoms with Gasteiger partial charge in [-0.25, -0.2) is 0 Å². The Morgan fingerprint density at radius 1 is 1.35 bits per heavy atom. The molecule has 3 rings (SSSR count). The first-order valence-electron chi connectivity index (χ1n) is 8.12. The molecule has 5 nitrogen and oxygen atoms in total. The lowest BCUT2D eigenvalue weighted by Gasteiger charge is -2.42. The van der Waals surface area contributed by atoms with Crippen LogP contribution in [0, 0.1) is 11.3 Å². The Morgan fingerprint density at radius 3 is 2.65 bits per heavy atom. The van der Waals surface area contributed by atoms with Gasteiger partial charge in [0.25, 0.3) is 5.91 Å². The van der Waals surface area contributed by atoms with E-state index in [1.807, 2.05) is 26.6 Å². The lowest BCUT2D eigenvalue weighted by atomic mass is 9.71. The van der Waals surface area contributed by atoms with Gasteiger partial charge in [-0.2, -0.15) is 11.3 Å². The molecule has 0 radical (unpaired) electrons. The number of carbonyl (C=O) groups excluding carboxylic acids is 2. The van der Waals surface area contributed by atoms with E-state index in [1.165, 1.54) is 0 Å². The van der Waals surface area contributed by atoms with Gasteiger partial charge in [-0.3, -0.25) is 9.59 Å². The maximum atomic E-state index is 12.5. The number of hydrogen-bond acceptors (Lipinski definition) is 4. The molecular formula is C17H24N2O3S. The number of amides is 2. The number of rotatable bonds is 3. The summed E-state index contributed by atoms with van der Waals surface area (Å²) in [6, 6.07) is 1.89. The van der Waals surface area contributed by atoms with E-state index in [-0.39, 0.29) is 17.2 Å². The summed E-state index contributed by atoms with van der Waals surface area (Å²) in [6.45, 7) is 5.43. The molecule has 0 aromatic carbocycles. The Morgan fingerprint density at radius 2 is 2.09 bits per heavy atom. The number of piperidine rings is 1. The molecule has 0 aliphatic carbocycles. The molecule has 1 spiro atoms. The highest BCUT2D eigenvalue weighted by atomic mass is 32.1. The molecule has 0 N–H and O–H groups in total. The van der Waals surface area contributed by atoms with Crippen LogP contribution in [-0.2, 0) is 9.53 Å². The normalized spacial score (nSPS) is 23.5. The van der Waals surface area contributed by atoms with Crippen LogP contribution in [-0.4, -0.2) is 61.5 Å². The molecule has 2 fully saturated rings. The second kappa shape index (κ2) is 6.61. The third-order valence-corrected chi connectivity index (χ3v) is 6.12. The van der Waals surface area contributed by atoms with Crippen LogP contribution < -0.4 is 0 Å². The number of carbonyl (C=O) groups is 2. The van der Waals surface area contributed by atoms with Crippen LogP contribution >= 0.6 is 11.3 Å². The zero-order valence-electron chi connectivity index (χ0n) is 13.8. The van der Waals surface area contributed by atoms with Gasteiger partial charge < -0.3 is 14.5 Å². The largest absolute Gasteiger partial charge is 0.384 e. The SMILES string of the molecule is COCC1CN(C(C)=O)CC12CCN(C(=O)c1ccsc1)CC2. The van der Waals surface area contributed by atoms with E-state index in [0.29, 0.717) is 12.5 Å². The van der Waals surface area contributed by atoms with Crippen molar-refractivity contribution >= 4 is 23.2 Å². The lowest BCUT2D eigenvalue weighted by molar-refractivity contribution is -0.128. The Kier molecular flexibility index (Phi) is 4.73. The Balaban J connectivity index is 1.68. The summed E-state index contributed by atoms with van der Waals surface area (Å²) < 4.78 is 5.40. The second-order valence-corrected chi connectivity index (χ2v) is 7.50. The van der Waals surface area contributed by atoms with Gasteiger partial charge in [-0.15, -0.1) is 0 Å². The van der Waals surface area contributed by atoms with Crippen molar-refractivity contribution in [3.8, 4) is 0 Å². The van der Waals surface area contributed by atoms with Crippen molar-refractivity contribution < 1.29 is 14.3 Å². The zero-order chi connectivity index (χ0) is 16.4. The number of ether oxygens (including phenoxy) is 1. The molecule has 2 amide bonds. The summed E-state index contributed by atoms with van der Waals surface area (Å²) in [5.74, 6) is 0.639. The van der Waals surface area contributed by atoms with Crippen molar-refractivity contribution in [1.82, 2.24) is 9.80 Å². The summed E-state index contributed by atoms with van der Waals surface area (Å²) >= 11 is 1.55. The predicted octanol–water partition coefficient (Wildman–Crippen LogP) is 2.10. The Labute approximate surface area is 141 Å². The van der Waals surface area contributed by atoms with E-state index < -0.39 is 0 Å². The maximum absolute atomic E-state index is 12.5. The smallest absolute Gasteiger partial charge is 0.254 e. The molecule has 1 aromatic rings. The lowest BCUT2D eigenvalue weighted by Crippen LogP contribution is -2.47. The van der Waals surface area contributed by atoms with Crippen LogP contribution in [0.3, 0.4) is 0 Å². The number of likely N-dealkylation sites (tertiary alicyclic amines) is 2. The van der Waals surface area contributed by atoms with Crippen LogP contribution in [0.15, 0.2) is 16.8 Å². The quantitative estimate of drug-likeness (QED) is 0.849. The van der Waals surface area contributed by atoms with E-state index in [1.54, 1.807) is 25.4 Å². The fraction of sp³-hybridized carbons (Fsp3) is 0.647. The van der Waals surface area contributed by atoms with E-state index in [2.05, 4.69) is 0 Å². The minimum absolute atomic E-state index is 0.104. The molecule has 1 aromatic heterocycles. The maximum Gasteiger partial charge on any atom is 0.254 e. The molecule has 0 saturated carbocycles. The van der Waals surface area contributed by atoms with Crippen molar-refractivity contribution in [2.45, 2.75) is 19.8 Å². The summed E-state index contributed by atoms with van der Waals surface area (Å²) in [5, 5.41) is 3.85. The van der Waals surface area contributed by atoms with Gasteiger partial charge in [0, 0.05) is 51.5 Å². The molecule has 2 saturated heterocycles. The monoisotopic (exact) mass is 336 g/mol. The number of methoxy groups -OCH3 is 1. The minimum atomic E-state index is 0.104. The van der Waals surface area contributed by atoms with Gasteiger partial charge in [0.05, 0.1) is 12.2 Å². The Bertz CT molecular complexity index is 564. The highest BCUT2D eigenvalue weighted by molar-refractivity contribution is 7.08. The average molecular weight is 336 g/mol. The molecule has 6 heteroatoms. The molecule has 2 aliphatic heterocycles. The van der Waals surface area contributed by atoms with Crippen molar-refractivity contribution in [1.29, 1.82) is 0 Å².